The zero-order valence-corrected chi connectivity index (χ0v) is 12.6. The van der Waals surface area contributed by atoms with Gasteiger partial charge in [0.1, 0.15) is 5.75 Å². The zero-order chi connectivity index (χ0) is 16.1. The summed E-state index contributed by atoms with van der Waals surface area (Å²) in [5.74, 6) is 0.644. The first-order chi connectivity index (χ1) is 11.3. The lowest BCUT2D eigenvalue weighted by Crippen LogP contribution is -2.04. The fraction of sp³-hybridized carbons (Fsp3) is 0.0526. The smallest absolute Gasteiger partial charge is 0.363 e. The SMILES string of the molecule is COc1ccccc1/C=C/C=C1\N=C(c2ccccc2)OC1=O. The van der Waals surface area contributed by atoms with Gasteiger partial charge >= 0.3 is 5.97 Å². The minimum absolute atomic E-state index is 0.273. The van der Waals surface area contributed by atoms with Crippen LogP contribution in [0.2, 0.25) is 0 Å². The van der Waals surface area contributed by atoms with E-state index in [4.69, 9.17) is 9.47 Å². The first kappa shape index (κ1) is 14.8. The van der Waals surface area contributed by atoms with Gasteiger partial charge in [-0.3, -0.25) is 0 Å². The quantitative estimate of drug-likeness (QED) is 0.640. The van der Waals surface area contributed by atoms with Gasteiger partial charge in [0.05, 0.1) is 7.11 Å². The Balaban J connectivity index is 1.81. The number of rotatable bonds is 4. The summed E-state index contributed by atoms with van der Waals surface area (Å²) in [5.41, 5.74) is 1.97. The summed E-state index contributed by atoms with van der Waals surface area (Å²) in [6.45, 7) is 0. The van der Waals surface area contributed by atoms with Crippen LogP contribution < -0.4 is 4.74 Å². The summed E-state index contributed by atoms with van der Waals surface area (Å²) in [6.07, 6.45) is 5.24. The Bertz CT molecular complexity index is 804. The number of nitrogens with zero attached hydrogens (tertiary/aromatic N) is 1. The molecule has 0 amide bonds. The molecule has 1 aliphatic heterocycles. The highest BCUT2D eigenvalue weighted by molar-refractivity contribution is 6.11. The Hall–Kier alpha value is -3.14. The fourth-order valence-electron chi connectivity index (χ4n) is 2.17. The molecule has 0 spiro atoms. The molecule has 1 aliphatic rings. The van der Waals surface area contributed by atoms with Gasteiger partial charge in [-0.2, -0.15) is 0 Å². The summed E-state index contributed by atoms with van der Waals surface area (Å²) >= 11 is 0. The number of benzene rings is 2. The molecule has 0 aromatic heterocycles. The molecule has 2 aromatic rings. The molecule has 2 aromatic carbocycles. The molecule has 3 rings (SSSR count). The molecule has 1 heterocycles. The van der Waals surface area contributed by atoms with Crippen molar-refractivity contribution < 1.29 is 14.3 Å². The van der Waals surface area contributed by atoms with E-state index in [1.807, 2.05) is 60.7 Å². The van der Waals surface area contributed by atoms with Crippen LogP contribution in [0.1, 0.15) is 11.1 Å². The third-order valence-corrected chi connectivity index (χ3v) is 3.31. The number of ether oxygens (including phenoxy) is 2. The van der Waals surface area contributed by atoms with E-state index in [9.17, 15) is 4.79 Å². The average molecular weight is 305 g/mol. The van der Waals surface area contributed by atoms with Gasteiger partial charge in [-0.1, -0.05) is 48.6 Å². The molecule has 4 nitrogen and oxygen atoms in total. The van der Waals surface area contributed by atoms with Crippen molar-refractivity contribution in [1.29, 1.82) is 0 Å². The van der Waals surface area contributed by atoms with Crippen LogP contribution in [0.5, 0.6) is 5.75 Å². The number of cyclic esters (lactones) is 1. The van der Waals surface area contributed by atoms with Gasteiger partial charge in [0.2, 0.25) is 5.90 Å². The van der Waals surface area contributed by atoms with Crippen LogP contribution in [0.25, 0.3) is 6.08 Å². The third-order valence-electron chi connectivity index (χ3n) is 3.31. The molecule has 0 atom stereocenters. The largest absolute Gasteiger partial charge is 0.496 e. The van der Waals surface area contributed by atoms with E-state index in [0.29, 0.717) is 5.90 Å². The normalized spacial score (nSPS) is 15.8. The van der Waals surface area contributed by atoms with Gasteiger partial charge in [-0.05, 0) is 24.3 Å². The number of methoxy groups -OCH3 is 1. The summed E-state index contributed by atoms with van der Waals surface area (Å²) in [5, 5.41) is 0. The van der Waals surface area contributed by atoms with Crippen LogP contribution in [0.15, 0.2) is 77.4 Å². The van der Waals surface area contributed by atoms with Crippen molar-refractivity contribution in [3.05, 3.63) is 83.6 Å². The van der Waals surface area contributed by atoms with Crippen molar-refractivity contribution in [1.82, 2.24) is 0 Å². The Morgan fingerprint density at radius 3 is 2.57 bits per heavy atom. The molecule has 0 saturated carbocycles. The molecule has 0 unspecified atom stereocenters. The topological polar surface area (TPSA) is 47.9 Å². The molecule has 0 radical (unpaired) electrons. The van der Waals surface area contributed by atoms with Gasteiger partial charge in [-0.25, -0.2) is 9.79 Å². The molecule has 0 fully saturated rings. The number of allylic oxidation sites excluding steroid dienone is 2. The van der Waals surface area contributed by atoms with Gasteiger partial charge in [0.25, 0.3) is 0 Å². The van der Waals surface area contributed by atoms with E-state index in [2.05, 4.69) is 4.99 Å². The maximum atomic E-state index is 11.9. The summed E-state index contributed by atoms with van der Waals surface area (Å²) in [6, 6.07) is 17.0. The Morgan fingerprint density at radius 2 is 1.78 bits per heavy atom. The first-order valence-electron chi connectivity index (χ1n) is 7.15. The molecule has 0 saturated heterocycles. The first-order valence-corrected chi connectivity index (χ1v) is 7.15. The van der Waals surface area contributed by atoms with Gasteiger partial charge in [-0.15, -0.1) is 0 Å². The molecule has 114 valence electrons. The van der Waals surface area contributed by atoms with Crippen LogP contribution in [-0.2, 0) is 9.53 Å². The van der Waals surface area contributed by atoms with Crippen LogP contribution in [0, 0.1) is 0 Å². The van der Waals surface area contributed by atoms with E-state index in [-0.39, 0.29) is 5.70 Å². The number of carbonyl (C=O) groups excluding carboxylic acids is 1. The van der Waals surface area contributed by atoms with Crippen molar-refractivity contribution in [2.24, 2.45) is 4.99 Å². The van der Waals surface area contributed by atoms with Crippen molar-refractivity contribution in [3.63, 3.8) is 0 Å². The van der Waals surface area contributed by atoms with E-state index in [0.717, 1.165) is 16.9 Å². The zero-order valence-electron chi connectivity index (χ0n) is 12.6. The van der Waals surface area contributed by atoms with Crippen LogP contribution >= 0.6 is 0 Å². The highest BCUT2D eigenvalue weighted by Crippen LogP contribution is 2.20. The number of esters is 1. The molecule has 0 N–H and O–H groups in total. The minimum atomic E-state index is -0.450. The van der Waals surface area contributed by atoms with Crippen LogP contribution in [0.4, 0.5) is 0 Å². The van der Waals surface area contributed by atoms with Gasteiger partial charge in [0.15, 0.2) is 5.70 Å². The van der Waals surface area contributed by atoms with E-state index in [1.54, 1.807) is 19.3 Å². The lowest BCUT2D eigenvalue weighted by molar-refractivity contribution is -0.130. The Labute approximate surface area is 134 Å². The molecule has 4 heteroatoms. The summed E-state index contributed by atoms with van der Waals surface area (Å²) < 4.78 is 10.5. The molecule has 0 bridgehead atoms. The van der Waals surface area contributed by atoms with Crippen molar-refractivity contribution >= 4 is 17.9 Å². The maximum Gasteiger partial charge on any atom is 0.363 e. The predicted molar refractivity (Wildman–Crippen MR) is 89.2 cm³/mol. The van der Waals surface area contributed by atoms with Gasteiger partial charge in [0, 0.05) is 11.1 Å². The highest BCUT2D eigenvalue weighted by Gasteiger charge is 2.23. The number of carbonyl (C=O) groups is 1. The monoisotopic (exact) mass is 305 g/mol. The second-order valence-corrected chi connectivity index (χ2v) is 4.83. The molecular formula is C19H15NO3. The number of aliphatic imine (C=N–C) groups is 1. The lowest BCUT2D eigenvalue weighted by atomic mass is 10.2. The van der Waals surface area contributed by atoms with E-state index >= 15 is 0 Å². The van der Waals surface area contributed by atoms with E-state index < -0.39 is 5.97 Å². The van der Waals surface area contributed by atoms with Crippen molar-refractivity contribution in [2.75, 3.05) is 7.11 Å². The predicted octanol–water partition coefficient (Wildman–Crippen LogP) is 3.60. The standard InChI is InChI=1S/C19H15NO3/c1-22-17-13-6-5-8-14(17)11-7-12-16-19(21)23-18(20-16)15-9-3-2-4-10-15/h2-13H,1H3/b11-7+,16-12-. The summed E-state index contributed by atoms with van der Waals surface area (Å²) in [4.78, 5) is 16.1. The number of hydrogen-bond acceptors (Lipinski definition) is 4. The maximum absolute atomic E-state index is 11.9. The highest BCUT2D eigenvalue weighted by atomic mass is 16.6. The Kier molecular flexibility index (Phi) is 4.34. The number of hydrogen-bond donors (Lipinski definition) is 0. The lowest BCUT2D eigenvalue weighted by Gasteiger charge is -2.02. The van der Waals surface area contributed by atoms with E-state index in [1.165, 1.54) is 0 Å². The van der Waals surface area contributed by atoms with Crippen molar-refractivity contribution in [2.45, 2.75) is 0 Å². The van der Waals surface area contributed by atoms with Gasteiger partial charge < -0.3 is 9.47 Å². The molecular weight excluding hydrogens is 290 g/mol. The summed E-state index contributed by atoms with van der Waals surface area (Å²) in [7, 11) is 1.62. The second kappa shape index (κ2) is 6.75. The van der Waals surface area contributed by atoms with Crippen LogP contribution in [-0.4, -0.2) is 19.0 Å². The van der Waals surface area contributed by atoms with Crippen LogP contribution in [0.3, 0.4) is 0 Å². The average Bonchev–Trinajstić information content (AvgIpc) is 2.97. The number of para-hydroxylation sites is 1. The molecule has 0 aliphatic carbocycles. The second-order valence-electron chi connectivity index (χ2n) is 4.83. The third kappa shape index (κ3) is 3.37. The fourth-order valence-corrected chi connectivity index (χ4v) is 2.17. The van der Waals surface area contributed by atoms with Crippen molar-refractivity contribution in [3.8, 4) is 5.75 Å². The molecule has 23 heavy (non-hydrogen) atoms. The Morgan fingerprint density at radius 1 is 1.04 bits per heavy atom. The minimum Gasteiger partial charge on any atom is -0.496 e.